The number of aliphatic hydroxyl groups excluding tert-OH is 2. The van der Waals surface area contributed by atoms with Crippen molar-refractivity contribution in [3.05, 3.63) is 70.8 Å². The molecule has 1 aliphatic heterocycles. The molecule has 3 rings (SSSR count). The lowest BCUT2D eigenvalue weighted by atomic mass is 9.90. The van der Waals surface area contributed by atoms with Gasteiger partial charge in [-0.25, -0.2) is 0 Å². The Morgan fingerprint density at radius 1 is 1.19 bits per heavy atom. The van der Waals surface area contributed by atoms with Crippen LogP contribution in [0, 0.1) is 0 Å². The van der Waals surface area contributed by atoms with E-state index in [-0.39, 0.29) is 34.8 Å². The van der Waals surface area contributed by atoms with E-state index in [2.05, 4.69) is 6.58 Å². The van der Waals surface area contributed by atoms with Crippen LogP contribution in [0.25, 0.3) is 0 Å². The monoisotopic (exact) mass is 440 g/mol. The predicted octanol–water partition coefficient (Wildman–Crippen LogP) is 3.69. The molecule has 3 unspecified atom stereocenters. The zero-order chi connectivity index (χ0) is 23.6. The van der Waals surface area contributed by atoms with Crippen molar-refractivity contribution < 1.29 is 35.1 Å². The number of rotatable bonds is 7. The number of ketones is 1. The first-order valence-electron chi connectivity index (χ1n) is 10.3. The van der Waals surface area contributed by atoms with Crippen molar-refractivity contribution in [2.45, 2.75) is 51.4 Å². The number of benzene rings is 2. The van der Waals surface area contributed by atoms with E-state index in [0.29, 0.717) is 24.0 Å². The van der Waals surface area contributed by atoms with Gasteiger partial charge < -0.3 is 30.3 Å². The number of carbonyl (C=O) groups is 1. The minimum absolute atomic E-state index is 0.0255. The second-order valence-electron chi connectivity index (χ2n) is 8.19. The molecule has 0 amide bonds. The number of fused-ring (bicyclic) bond motifs is 1. The summed E-state index contributed by atoms with van der Waals surface area (Å²) in [6.45, 7) is 7.35. The average Bonchev–Trinajstić information content (AvgIpc) is 2.74. The van der Waals surface area contributed by atoms with Crippen LogP contribution in [-0.2, 0) is 6.42 Å². The first-order valence-corrected chi connectivity index (χ1v) is 10.3. The van der Waals surface area contributed by atoms with Crippen LogP contribution in [0.15, 0.2) is 54.1 Å². The molecular formula is C25H28O7. The van der Waals surface area contributed by atoms with Crippen LogP contribution in [0.2, 0.25) is 0 Å². The van der Waals surface area contributed by atoms with Gasteiger partial charge in [0, 0.05) is 11.6 Å². The Kier molecular flexibility index (Phi) is 6.91. The summed E-state index contributed by atoms with van der Waals surface area (Å²) in [7, 11) is 0. The van der Waals surface area contributed by atoms with Gasteiger partial charge >= 0.3 is 0 Å². The third kappa shape index (κ3) is 4.79. The van der Waals surface area contributed by atoms with Gasteiger partial charge in [-0.2, -0.15) is 0 Å². The van der Waals surface area contributed by atoms with Gasteiger partial charge in [-0.3, -0.25) is 4.79 Å². The van der Waals surface area contributed by atoms with Crippen LogP contribution in [-0.4, -0.2) is 43.5 Å². The number of hydrogen-bond donors (Lipinski definition) is 5. The molecule has 2 aromatic rings. The van der Waals surface area contributed by atoms with E-state index >= 15 is 0 Å². The van der Waals surface area contributed by atoms with Gasteiger partial charge in [-0.05, 0) is 50.8 Å². The maximum absolute atomic E-state index is 12.9. The molecule has 0 fully saturated rings. The number of phenols is 3. The molecule has 0 saturated carbocycles. The number of Topliss-reactive ketones (excluding diaryl/α,β-unsaturated/α-hetero) is 1. The van der Waals surface area contributed by atoms with Crippen LogP contribution in [0.5, 0.6) is 23.0 Å². The molecule has 0 aromatic heterocycles. The molecule has 0 radical (unpaired) electrons. The van der Waals surface area contributed by atoms with Crippen molar-refractivity contribution in [2.24, 2.45) is 0 Å². The summed E-state index contributed by atoms with van der Waals surface area (Å²) in [4.78, 5) is 12.9. The molecule has 7 nitrogen and oxygen atoms in total. The molecule has 3 atom stereocenters. The molecule has 0 aliphatic carbocycles. The Hall–Kier alpha value is -3.29. The molecule has 0 spiro atoms. The van der Waals surface area contributed by atoms with Crippen LogP contribution in [0.3, 0.4) is 0 Å². The van der Waals surface area contributed by atoms with E-state index in [4.69, 9.17) is 4.74 Å². The van der Waals surface area contributed by atoms with Crippen molar-refractivity contribution >= 4 is 5.78 Å². The summed E-state index contributed by atoms with van der Waals surface area (Å²) in [6.07, 6.45) is -0.118. The largest absolute Gasteiger partial charge is 0.508 e. The molecule has 7 heteroatoms. The van der Waals surface area contributed by atoms with Crippen LogP contribution >= 0.6 is 0 Å². The van der Waals surface area contributed by atoms with E-state index in [1.165, 1.54) is 30.3 Å². The smallest absolute Gasteiger partial charge is 0.202 e. The molecule has 170 valence electrons. The highest BCUT2D eigenvalue weighted by Crippen LogP contribution is 2.45. The lowest BCUT2D eigenvalue weighted by molar-refractivity contribution is 0.0210. The van der Waals surface area contributed by atoms with E-state index < -0.39 is 29.8 Å². The Balaban J connectivity index is 1.85. The average molecular weight is 440 g/mol. The Bertz CT molecular complexity index is 1050. The standard InChI is InChI=1S/C25H28O7/c1-13(2)18(27)11-5-14(3)4-10-17-19(28)12-20-21(22(17)29)23(30)24(31)25(32-20)15-6-8-16(26)9-7-15/h4,6-9,12,18,24-29,31H,1,5,10-11H2,2-3H3. The number of hydrogen-bond acceptors (Lipinski definition) is 7. The quantitative estimate of drug-likeness (QED) is 0.416. The lowest BCUT2D eigenvalue weighted by Gasteiger charge is -2.30. The van der Waals surface area contributed by atoms with Crippen LogP contribution in [0.4, 0.5) is 0 Å². The third-order valence-electron chi connectivity index (χ3n) is 5.66. The minimum atomic E-state index is -1.56. The fraction of sp³-hybridized carbons (Fsp3) is 0.320. The second kappa shape index (κ2) is 9.46. The number of aliphatic hydroxyl groups is 2. The molecule has 1 heterocycles. The summed E-state index contributed by atoms with van der Waals surface area (Å²) >= 11 is 0. The molecule has 2 aromatic carbocycles. The van der Waals surface area contributed by atoms with Crippen molar-refractivity contribution in [2.75, 3.05) is 0 Å². The fourth-order valence-corrected chi connectivity index (χ4v) is 3.59. The van der Waals surface area contributed by atoms with Gasteiger partial charge in [0.15, 0.2) is 12.2 Å². The van der Waals surface area contributed by atoms with Crippen LogP contribution in [0.1, 0.15) is 54.3 Å². The Morgan fingerprint density at radius 3 is 2.47 bits per heavy atom. The summed E-state index contributed by atoms with van der Waals surface area (Å²) in [6, 6.07) is 7.12. The van der Waals surface area contributed by atoms with Crippen molar-refractivity contribution in [1.82, 2.24) is 0 Å². The van der Waals surface area contributed by atoms with Crippen molar-refractivity contribution in [1.29, 1.82) is 0 Å². The maximum atomic E-state index is 12.9. The molecule has 5 N–H and O–H groups in total. The summed E-state index contributed by atoms with van der Waals surface area (Å²) < 4.78 is 5.75. The lowest BCUT2D eigenvalue weighted by Crippen LogP contribution is -2.36. The zero-order valence-corrected chi connectivity index (χ0v) is 18.1. The highest BCUT2D eigenvalue weighted by atomic mass is 16.5. The first kappa shape index (κ1) is 23.4. The van der Waals surface area contributed by atoms with Gasteiger partial charge in [-0.15, -0.1) is 0 Å². The SMILES string of the molecule is C=C(C)C(O)CCC(C)=CCc1c(O)cc2c(c1O)C(=O)C(O)C(c1ccc(O)cc1)O2. The minimum Gasteiger partial charge on any atom is -0.508 e. The predicted molar refractivity (Wildman–Crippen MR) is 119 cm³/mol. The topological polar surface area (TPSA) is 127 Å². The van der Waals surface area contributed by atoms with Gasteiger partial charge in [-0.1, -0.05) is 35.9 Å². The van der Waals surface area contributed by atoms with Crippen molar-refractivity contribution in [3.8, 4) is 23.0 Å². The molecule has 0 bridgehead atoms. The maximum Gasteiger partial charge on any atom is 0.202 e. The summed E-state index contributed by atoms with van der Waals surface area (Å²) in [5.41, 5.74) is 2.06. The van der Waals surface area contributed by atoms with Crippen molar-refractivity contribution in [3.63, 3.8) is 0 Å². The highest BCUT2D eigenvalue weighted by molar-refractivity contribution is 6.06. The van der Waals surface area contributed by atoms with Gasteiger partial charge in [0.05, 0.1) is 6.10 Å². The zero-order valence-electron chi connectivity index (χ0n) is 18.1. The van der Waals surface area contributed by atoms with E-state index in [1.807, 2.05) is 6.92 Å². The number of aromatic hydroxyl groups is 3. The van der Waals surface area contributed by atoms with E-state index in [0.717, 1.165) is 5.57 Å². The molecule has 1 aliphatic rings. The normalized spacial score (nSPS) is 19.2. The number of allylic oxidation sites excluding steroid dienone is 2. The molecule has 0 saturated heterocycles. The number of phenolic OH excluding ortho intramolecular Hbond substituents is 3. The Labute approximate surface area is 186 Å². The highest BCUT2D eigenvalue weighted by Gasteiger charge is 2.40. The number of carbonyl (C=O) groups excluding carboxylic acids is 1. The first-order chi connectivity index (χ1) is 15.1. The van der Waals surface area contributed by atoms with Gasteiger partial charge in [0.25, 0.3) is 0 Å². The van der Waals surface area contributed by atoms with E-state index in [9.17, 15) is 30.3 Å². The van der Waals surface area contributed by atoms with Gasteiger partial charge in [0.2, 0.25) is 5.78 Å². The fourth-order valence-electron chi connectivity index (χ4n) is 3.59. The molecular weight excluding hydrogens is 412 g/mol. The number of ether oxygens (including phenoxy) is 1. The summed E-state index contributed by atoms with van der Waals surface area (Å²) in [5, 5.41) is 51.0. The van der Waals surface area contributed by atoms with E-state index in [1.54, 1.807) is 13.0 Å². The van der Waals surface area contributed by atoms with Crippen LogP contribution < -0.4 is 4.74 Å². The summed E-state index contributed by atoms with van der Waals surface area (Å²) in [5.74, 6) is -1.38. The van der Waals surface area contributed by atoms with Gasteiger partial charge in [0.1, 0.15) is 28.6 Å². The third-order valence-corrected chi connectivity index (χ3v) is 5.66. The Morgan fingerprint density at radius 2 is 1.84 bits per heavy atom. The second-order valence-corrected chi connectivity index (χ2v) is 8.19. The molecule has 32 heavy (non-hydrogen) atoms.